The molecule has 1 aliphatic carbocycles. The topological polar surface area (TPSA) is 12.0 Å². The molecule has 2 fully saturated rings. The van der Waals surface area contributed by atoms with Gasteiger partial charge in [-0.3, -0.25) is 0 Å². The van der Waals surface area contributed by atoms with Gasteiger partial charge >= 0.3 is 0 Å². The molecule has 0 aromatic rings. The summed E-state index contributed by atoms with van der Waals surface area (Å²) in [5.74, 6) is 0.838. The van der Waals surface area contributed by atoms with Crippen molar-refractivity contribution >= 4 is 0 Å². The summed E-state index contributed by atoms with van der Waals surface area (Å²) in [6.07, 6.45) is 9.61. The molecular weight excluding hydrogens is 177 g/mol. The molecule has 2 atom stereocenters. The molecule has 1 saturated carbocycles. The molecular formula is C12H22FN. The Hall–Kier alpha value is -0.110. The lowest BCUT2D eigenvalue weighted by Gasteiger charge is -2.32. The van der Waals surface area contributed by atoms with E-state index in [4.69, 9.17) is 0 Å². The van der Waals surface area contributed by atoms with Crippen LogP contribution < -0.4 is 5.32 Å². The Kier molecular flexibility index (Phi) is 3.80. The number of hydrogen-bond acceptors (Lipinski definition) is 1. The molecule has 0 spiro atoms. The van der Waals surface area contributed by atoms with Crippen LogP contribution in [-0.2, 0) is 0 Å². The lowest BCUT2D eigenvalue weighted by atomic mass is 9.86. The quantitative estimate of drug-likeness (QED) is 0.640. The lowest BCUT2D eigenvalue weighted by Crippen LogP contribution is -2.44. The first kappa shape index (κ1) is 10.4. The predicted molar refractivity (Wildman–Crippen MR) is 57.1 cm³/mol. The maximum absolute atomic E-state index is 12.9. The van der Waals surface area contributed by atoms with Crippen LogP contribution in [-0.4, -0.2) is 18.8 Å². The van der Waals surface area contributed by atoms with Gasteiger partial charge < -0.3 is 5.32 Å². The van der Waals surface area contributed by atoms with Crippen LogP contribution in [0.2, 0.25) is 0 Å². The monoisotopic (exact) mass is 199 g/mol. The minimum absolute atomic E-state index is 0.586. The van der Waals surface area contributed by atoms with Gasteiger partial charge in [0.25, 0.3) is 0 Å². The maximum atomic E-state index is 12.9. The molecule has 0 bridgehead atoms. The van der Waals surface area contributed by atoms with E-state index in [-0.39, 0.29) is 0 Å². The number of nitrogens with one attached hydrogen (secondary N) is 1. The first-order valence-electron chi connectivity index (χ1n) is 6.24. The molecule has 2 unspecified atom stereocenters. The largest absolute Gasteiger partial charge is 0.311 e. The van der Waals surface area contributed by atoms with Gasteiger partial charge in [-0.1, -0.05) is 25.7 Å². The van der Waals surface area contributed by atoms with Crippen molar-refractivity contribution < 1.29 is 4.39 Å². The summed E-state index contributed by atoms with van der Waals surface area (Å²) in [4.78, 5) is 0. The minimum atomic E-state index is -0.586. The van der Waals surface area contributed by atoms with Crippen molar-refractivity contribution in [2.75, 3.05) is 6.54 Å². The molecule has 0 aromatic carbocycles. The SMILES string of the molecule is FC1CCC(C2CCCCCC2)NC1. The highest BCUT2D eigenvalue weighted by molar-refractivity contribution is 4.84. The Morgan fingerprint density at radius 3 is 2.14 bits per heavy atom. The predicted octanol–water partition coefficient (Wildman–Crippen LogP) is 3.05. The van der Waals surface area contributed by atoms with Gasteiger partial charge in [-0.05, 0) is 31.6 Å². The van der Waals surface area contributed by atoms with Crippen molar-refractivity contribution in [1.29, 1.82) is 0 Å². The fraction of sp³-hybridized carbons (Fsp3) is 1.00. The third-order valence-corrected chi connectivity index (χ3v) is 3.86. The van der Waals surface area contributed by atoms with E-state index >= 15 is 0 Å². The summed E-state index contributed by atoms with van der Waals surface area (Å²) >= 11 is 0. The zero-order valence-corrected chi connectivity index (χ0v) is 8.97. The third-order valence-electron chi connectivity index (χ3n) is 3.86. The highest BCUT2D eigenvalue weighted by Gasteiger charge is 2.27. The zero-order valence-electron chi connectivity index (χ0n) is 8.97. The normalized spacial score (nSPS) is 36.6. The fourth-order valence-electron chi connectivity index (χ4n) is 2.96. The summed E-state index contributed by atoms with van der Waals surface area (Å²) in [5, 5.41) is 3.39. The van der Waals surface area contributed by atoms with Gasteiger partial charge in [0.05, 0.1) is 0 Å². The molecule has 0 amide bonds. The second-order valence-corrected chi connectivity index (χ2v) is 4.94. The molecule has 2 aliphatic rings. The summed E-state index contributed by atoms with van der Waals surface area (Å²) in [7, 11) is 0. The Morgan fingerprint density at radius 1 is 0.857 bits per heavy atom. The Morgan fingerprint density at radius 2 is 1.57 bits per heavy atom. The minimum Gasteiger partial charge on any atom is -0.311 e. The van der Waals surface area contributed by atoms with E-state index in [1.807, 2.05) is 0 Å². The molecule has 82 valence electrons. The molecule has 14 heavy (non-hydrogen) atoms. The Bertz CT molecular complexity index is 156. The van der Waals surface area contributed by atoms with Crippen LogP contribution in [0.5, 0.6) is 0 Å². The molecule has 2 rings (SSSR count). The van der Waals surface area contributed by atoms with E-state index in [9.17, 15) is 4.39 Å². The van der Waals surface area contributed by atoms with Gasteiger partial charge in [-0.15, -0.1) is 0 Å². The van der Waals surface area contributed by atoms with Crippen LogP contribution in [0.3, 0.4) is 0 Å². The summed E-state index contributed by atoms with van der Waals surface area (Å²) < 4.78 is 12.9. The summed E-state index contributed by atoms with van der Waals surface area (Å²) in [6.45, 7) is 0.598. The van der Waals surface area contributed by atoms with Gasteiger partial charge in [-0.25, -0.2) is 4.39 Å². The van der Waals surface area contributed by atoms with Crippen molar-refractivity contribution in [3.05, 3.63) is 0 Å². The second kappa shape index (κ2) is 5.11. The second-order valence-electron chi connectivity index (χ2n) is 4.94. The first-order valence-corrected chi connectivity index (χ1v) is 6.24. The van der Waals surface area contributed by atoms with Crippen LogP contribution in [0.25, 0.3) is 0 Å². The van der Waals surface area contributed by atoms with E-state index < -0.39 is 6.17 Å². The van der Waals surface area contributed by atoms with Crippen molar-refractivity contribution in [2.45, 2.75) is 63.6 Å². The number of hydrogen-bond donors (Lipinski definition) is 1. The Balaban J connectivity index is 1.81. The first-order chi connectivity index (χ1) is 6.86. The van der Waals surface area contributed by atoms with Gasteiger partial charge in [-0.2, -0.15) is 0 Å². The molecule has 0 radical (unpaired) electrons. The smallest absolute Gasteiger partial charge is 0.113 e. The Labute approximate surface area is 86.5 Å². The van der Waals surface area contributed by atoms with Crippen molar-refractivity contribution in [2.24, 2.45) is 5.92 Å². The molecule has 1 N–H and O–H groups in total. The van der Waals surface area contributed by atoms with E-state index in [0.717, 1.165) is 18.8 Å². The van der Waals surface area contributed by atoms with E-state index in [0.29, 0.717) is 12.6 Å². The zero-order chi connectivity index (χ0) is 9.80. The highest BCUT2D eigenvalue weighted by atomic mass is 19.1. The highest BCUT2D eigenvalue weighted by Crippen LogP contribution is 2.29. The average Bonchev–Trinajstić information content (AvgIpc) is 2.47. The van der Waals surface area contributed by atoms with Crippen LogP contribution in [0.1, 0.15) is 51.4 Å². The van der Waals surface area contributed by atoms with E-state index in [1.165, 1.54) is 38.5 Å². The fourth-order valence-corrected chi connectivity index (χ4v) is 2.96. The van der Waals surface area contributed by atoms with E-state index in [1.54, 1.807) is 0 Å². The number of alkyl halides is 1. The molecule has 1 heterocycles. The number of piperidine rings is 1. The van der Waals surface area contributed by atoms with Crippen LogP contribution >= 0.6 is 0 Å². The average molecular weight is 199 g/mol. The van der Waals surface area contributed by atoms with E-state index in [2.05, 4.69) is 5.32 Å². The molecule has 1 nitrogen and oxygen atoms in total. The number of rotatable bonds is 1. The van der Waals surface area contributed by atoms with Crippen molar-refractivity contribution in [3.8, 4) is 0 Å². The molecule has 0 aromatic heterocycles. The van der Waals surface area contributed by atoms with Gasteiger partial charge in [0.2, 0.25) is 0 Å². The van der Waals surface area contributed by atoms with Crippen molar-refractivity contribution in [1.82, 2.24) is 5.32 Å². The maximum Gasteiger partial charge on any atom is 0.113 e. The number of halogens is 1. The lowest BCUT2D eigenvalue weighted by molar-refractivity contribution is 0.189. The summed E-state index contributed by atoms with van der Waals surface area (Å²) in [5.41, 5.74) is 0. The molecule has 1 aliphatic heterocycles. The third kappa shape index (κ3) is 2.69. The summed E-state index contributed by atoms with van der Waals surface area (Å²) in [6, 6.07) is 0.625. The standard InChI is InChI=1S/C12H22FN/c13-11-7-8-12(14-9-11)10-5-3-1-2-4-6-10/h10-12,14H,1-9H2. The van der Waals surface area contributed by atoms with Gasteiger partial charge in [0.15, 0.2) is 0 Å². The van der Waals surface area contributed by atoms with Gasteiger partial charge in [0.1, 0.15) is 6.17 Å². The van der Waals surface area contributed by atoms with Crippen molar-refractivity contribution in [3.63, 3.8) is 0 Å². The molecule has 2 heteroatoms. The van der Waals surface area contributed by atoms with Crippen LogP contribution in [0.15, 0.2) is 0 Å². The van der Waals surface area contributed by atoms with Crippen LogP contribution in [0.4, 0.5) is 4.39 Å². The van der Waals surface area contributed by atoms with Gasteiger partial charge in [0, 0.05) is 12.6 Å². The molecule has 1 saturated heterocycles. The van der Waals surface area contributed by atoms with Crippen LogP contribution in [0, 0.1) is 5.92 Å².